The standard InChI is InChI=1S/C14H17N5O/c20-14(13-8-19-9-15-4-12(19)5-16-13)17-11-3-10-1-2-18(6-10)7-11/h4-5,8-11H,1-3,6-7H2,(H,17,20). The first-order chi connectivity index (χ1) is 9.78. The van der Waals surface area contributed by atoms with Crippen LogP contribution in [0.1, 0.15) is 23.3 Å². The maximum absolute atomic E-state index is 12.3. The van der Waals surface area contributed by atoms with Crippen molar-refractivity contribution in [2.45, 2.75) is 18.9 Å². The number of imidazole rings is 1. The number of fused-ring (bicyclic) bond motifs is 3. The lowest BCUT2D eigenvalue weighted by Gasteiger charge is -2.30. The van der Waals surface area contributed by atoms with Crippen molar-refractivity contribution in [3.05, 3.63) is 30.6 Å². The Morgan fingerprint density at radius 3 is 3.20 bits per heavy atom. The van der Waals surface area contributed by atoms with Gasteiger partial charge in [-0.25, -0.2) is 9.97 Å². The minimum absolute atomic E-state index is 0.0897. The Hall–Kier alpha value is -1.95. The SMILES string of the molecule is O=C(NC1CC2CCN(C2)C1)c1cn2cncc2cn1. The molecule has 4 rings (SSSR count). The number of aromatic nitrogens is 3. The smallest absolute Gasteiger partial charge is 0.271 e. The molecule has 2 aromatic heterocycles. The van der Waals surface area contributed by atoms with Crippen molar-refractivity contribution >= 4 is 11.4 Å². The maximum atomic E-state index is 12.3. The topological polar surface area (TPSA) is 62.5 Å². The van der Waals surface area contributed by atoms with Gasteiger partial charge in [-0.3, -0.25) is 4.79 Å². The van der Waals surface area contributed by atoms with Gasteiger partial charge >= 0.3 is 0 Å². The summed E-state index contributed by atoms with van der Waals surface area (Å²) in [4.78, 5) is 23.0. The molecule has 0 aromatic carbocycles. The molecule has 2 bridgehead atoms. The highest BCUT2D eigenvalue weighted by Gasteiger charge is 2.33. The van der Waals surface area contributed by atoms with Gasteiger partial charge in [-0.15, -0.1) is 0 Å². The third-order valence-electron chi connectivity index (χ3n) is 4.33. The molecule has 0 spiro atoms. The normalized spacial score (nSPS) is 28.7. The van der Waals surface area contributed by atoms with Crippen LogP contribution in [0.2, 0.25) is 0 Å². The predicted octanol–water partition coefficient (Wildman–Crippen LogP) is 0.553. The molecule has 2 saturated heterocycles. The molecular weight excluding hydrogens is 254 g/mol. The number of hydrogen-bond donors (Lipinski definition) is 1. The number of amides is 1. The summed E-state index contributed by atoms with van der Waals surface area (Å²) in [5.74, 6) is 0.659. The Morgan fingerprint density at radius 1 is 1.35 bits per heavy atom. The molecule has 2 aliphatic rings. The summed E-state index contributed by atoms with van der Waals surface area (Å²) in [6.45, 7) is 3.34. The van der Waals surface area contributed by atoms with Gasteiger partial charge in [0.15, 0.2) is 0 Å². The van der Waals surface area contributed by atoms with Gasteiger partial charge < -0.3 is 14.6 Å². The molecule has 3 unspecified atom stereocenters. The molecule has 20 heavy (non-hydrogen) atoms. The third kappa shape index (κ3) is 2.06. The maximum Gasteiger partial charge on any atom is 0.271 e. The lowest BCUT2D eigenvalue weighted by Crippen LogP contribution is -2.47. The van der Waals surface area contributed by atoms with E-state index < -0.39 is 0 Å². The number of nitrogens with zero attached hydrogens (tertiary/aromatic N) is 4. The van der Waals surface area contributed by atoms with Crippen LogP contribution in [-0.2, 0) is 0 Å². The van der Waals surface area contributed by atoms with E-state index in [1.54, 1.807) is 24.9 Å². The molecule has 3 atom stereocenters. The highest BCUT2D eigenvalue weighted by Crippen LogP contribution is 2.26. The van der Waals surface area contributed by atoms with Crippen LogP contribution in [0, 0.1) is 5.92 Å². The van der Waals surface area contributed by atoms with Crippen molar-refractivity contribution in [2.75, 3.05) is 19.6 Å². The van der Waals surface area contributed by atoms with Gasteiger partial charge in [0.1, 0.15) is 5.69 Å². The Morgan fingerprint density at radius 2 is 2.30 bits per heavy atom. The van der Waals surface area contributed by atoms with E-state index in [1.165, 1.54) is 19.5 Å². The average Bonchev–Trinajstić information content (AvgIpc) is 3.04. The van der Waals surface area contributed by atoms with Crippen molar-refractivity contribution in [2.24, 2.45) is 5.92 Å². The fraction of sp³-hybridized carbons (Fsp3) is 0.500. The molecule has 1 amide bonds. The van der Waals surface area contributed by atoms with Crippen molar-refractivity contribution in [3.63, 3.8) is 0 Å². The Kier molecular flexibility index (Phi) is 2.70. The molecule has 6 heteroatoms. The fourth-order valence-corrected chi connectivity index (χ4v) is 3.36. The highest BCUT2D eigenvalue weighted by molar-refractivity contribution is 5.92. The minimum atomic E-state index is -0.0897. The van der Waals surface area contributed by atoms with E-state index in [9.17, 15) is 4.79 Å². The second-order valence-electron chi connectivity index (χ2n) is 5.82. The Balaban J connectivity index is 1.49. The van der Waals surface area contributed by atoms with Gasteiger partial charge in [0.25, 0.3) is 5.91 Å². The van der Waals surface area contributed by atoms with Gasteiger partial charge in [-0.1, -0.05) is 0 Å². The summed E-state index contributed by atoms with van der Waals surface area (Å²) in [6, 6.07) is 0.254. The van der Waals surface area contributed by atoms with Crippen LogP contribution in [0.3, 0.4) is 0 Å². The summed E-state index contributed by atoms with van der Waals surface area (Å²) in [5.41, 5.74) is 1.34. The molecule has 2 aromatic rings. The van der Waals surface area contributed by atoms with Crippen LogP contribution in [0.5, 0.6) is 0 Å². The molecular formula is C14H17N5O. The zero-order valence-electron chi connectivity index (χ0n) is 11.2. The van der Waals surface area contributed by atoms with Crippen LogP contribution >= 0.6 is 0 Å². The molecule has 4 heterocycles. The molecule has 6 nitrogen and oxygen atoms in total. The van der Waals surface area contributed by atoms with Crippen LogP contribution in [0.15, 0.2) is 24.9 Å². The van der Waals surface area contributed by atoms with E-state index in [4.69, 9.17) is 0 Å². The number of rotatable bonds is 2. The molecule has 1 N–H and O–H groups in total. The average molecular weight is 271 g/mol. The van der Waals surface area contributed by atoms with Gasteiger partial charge in [0.2, 0.25) is 0 Å². The Labute approximate surface area is 116 Å². The first kappa shape index (κ1) is 11.8. The summed E-state index contributed by atoms with van der Waals surface area (Å²) in [6.07, 6.45) is 9.17. The lowest BCUT2D eigenvalue weighted by atomic mass is 9.97. The number of carbonyl (C=O) groups is 1. The lowest BCUT2D eigenvalue weighted by molar-refractivity contribution is 0.0904. The van der Waals surface area contributed by atoms with E-state index in [1.807, 2.05) is 4.40 Å². The van der Waals surface area contributed by atoms with Crippen molar-refractivity contribution in [3.8, 4) is 0 Å². The van der Waals surface area contributed by atoms with E-state index in [0.717, 1.165) is 24.4 Å². The van der Waals surface area contributed by atoms with Crippen molar-refractivity contribution in [1.29, 1.82) is 0 Å². The molecule has 2 fully saturated rings. The largest absolute Gasteiger partial charge is 0.347 e. The van der Waals surface area contributed by atoms with E-state index in [-0.39, 0.29) is 11.9 Å². The van der Waals surface area contributed by atoms with E-state index in [0.29, 0.717) is 5.69 Å². The highest BCUT2D eigenvalue weighted by atomic mass is 16.2. The van der Waals surface area contributed by atoms with Crippen LogP contribution in [-0.4, -0.2) is 50.9 Å². The van der Waals surface area contributed by atoms with Crippen LogP contribution in [0.25, 0.3) is 5.52 Å². The zero-order valence-corrected chi connectivity index (χ0v) is 11.2. The minimum Gasteiger partial charge on any atom is -0.347 e. The van der Waals surface area contributed by atoms with E-state index in [2.05, 4.69) is 20.2 Å². The Bertz CT molecular complexity index is 640. The summed E-state index contributed by atoms with van der Waals surface area (Å²) in [7, 11) is 0. The summed E-state index contributed by atoms with van der Waals surface area (Å²) >= 11 is 0. The van der Waals surface area contributed by atoms with Crippen molar-refractivity contribution in [1.82, 2.24) is 24.6 Å². The number of piperidine rings is 1. The predicted molar refractivity (Wildman–Crippen MR) is 73.4 cm³/mol. The zero-order chi connectivity index (χ0) is 13.5. The van der Waals surface area contributed by atoms with Gasteiger partial charge in [0.05, 0.1) is 24.2 Å². The molecule has 2 aliphatic heterocycles. The fourth-order valence-electron chi connectivity index (χ4n) is 3.36. The second-order valence-corrected chi connectivity index (χ2v) is 5.82. The quantitative estimate of drug-likeness (QED) is 0.866. The summed E-state index contributed by atoms with van der Waals surface area (Å²) < 4.78 is 1.82. The monoisotopic (exact) mass is 271 g/mol. The first-order valence-corrected chi connectivity index (χ1v) is 7.09. The summed E-state index contributed by atoms with van der Waals surface area (Å²) in [5, 5.41) is 3.12. The third-order valence-corrected chi connectivity index (χ3v) is 4.33. The van der Waals surface area contributed by atoms with Crippen molar-refractivity contribution < 1.29 is 4.79 Å². The molecule has 0 aliphatic carbocycles. The number of carbonyl (C=O) groups excluding carboxylic acids is 1. The van der Waals surface area contributed by atoms with Gasteiger partial charge in [-0.05, 0) is 25.3 Å². The van der Waals surface area contributed by atoms with Crippen LogP contribution in [0.4, 0.5) is 0 Å². The second kappa shape index (κ2) is 4.56. The molecule has 0 saturated carbocycles. The first-order valence-electron chi connectivity index (χ1n) is 7.09. The number of nitrogens with one attached hydrogen (secondary N) is 1. The van der Waals surface area contributed by atoms with Gasteiger partial charge in [0, 0.05) is 25.3 Å². The molecule has 0 radical (unpaired) electrons. The van der Waals surface area contributed by atoms with E-state index >= 15 is 0 Å². The van der Waals surface area contributed by atoms with Crippen LogP contribution < -0.4 is 5.32 Å². The number of hydrogen-bond acceptors (Lipinski definition) is 4. The molecule has 104 valence electrons. The van der Waals surface area contributed by atoms with Gasteiger partial charge in [-0.2, -0.15) is 0 Å².